The first-order valence-electron chi connectivity index (χ1n) is 8.35. The fraction of sp³-hybridized carbons (Fsp3) is 0.263. The first-order valence-corrected chi connectivity index (χ1v) is 8.35. The molecule has 0 unspecified atom stereocenters. The monoisotopic (exact) mass is 339 g/mol. The highest BCUT2D eigenvalue weighted by molar-refractivity contribution is 6.53. The molecule has 6 heteroatoms. The summed E-state index contributed by atoms with van der Waals surface area (Å²) in [6.45, 7) is 3.29. The summed E-state index contributed by atoms with van der Waals surface area (Å²) in [5.41, 5.74) is 2.18. The number of carbonyl (C=O) groups is 2. The van der Waals surface area contributed by atoms with Crippen LogP contribution in [0.5, 0.6) is 0 Å². The van der Waals surface area contributed by atoms with Gasteiger partial charge in [0.15, 0.2) is 0 Å². The zero-order valence-electron chi connectivity index (χ0n) is 13.7. The van der Waals surface area contributed by atoms with Crippen molar-refractivity contribution in [3.8, 4) is 0 Å². The average molecular weight is 339 g/mol. The van der Waals surface area contributed by atoms with Crippen LogP contribution < -0.4 is 15.1 Å². The van der Waals surface area contributed by atoms with Crippen molar-refractivity contribution in [2.75, 3.05) is 36.0 Å². The highest BCUT2D eigenvalue weighted by atomic mass is 19.1. The van der Waals surface area contributed by atoms with Crippen molar-refractivity contribution in [2.45, 2.75) is 6.54 Å². The highest BCUT2D eigenvalue weighted by Gasteiger charge is 2.39. The summed E-state index contributed by atoms with van der Waals surface area (Å²) in [5.74, 6) is -1.49. The number of hydrogen-bond acceptors (Lipinski definition) is 4. The number of benzene rings is 2. The molecule has 0 saturated carbocycles. The topological polar surface area (TPSA) is 52.7 Å². The van der Waals surface area contributed by atoms with Crippen molar-refractivity contribution in [2.24, 2.45) is 0 Å². The Hall–Kier alpha value is -2.73. The molecule has 0 aromatic heterocycles. The van der Waals surface area contributed by atoms with E-state index in [1.165, 1.54) is 11.0 Å². The summed E-state index contributed by atoms with van der Waals surface area (Å²) in [6.07, 6.45) is 0. The van der Waals surface area contributed by atoms with Gasteiger partial charge in [-0.05, 0) is 18.2 Å². The molecule has 1 saturated heterocycles. The molecule has 1 N–H and O–H groups in total. The van der Waals surface area contributed by atoms with E-state index in [9.17, 15) is 14.0 Å². The Bertz CT molecular complexity index is 846. The van der Waals surface area contributed by atoms with Crippen LogP contribution in [0.4, 0.5) is 15.8 Å². The summed E-state index contributed by atoms with van der Waals surface area (Å²) in [5, 5.41) is 3.27. The minimum Gasteiger partial charge on any atom is -0.368 e. The second kappa shape index (κ2) is 6.29. The molecule has 2 aromatic rings. The lowest BCUT2D eigenvalue weighted by Crippen LogP contribution is -2.44. The zero-order chi connectivity index (χ0) is 17.4. The maximum Gasteiger partial charge on any atom is 0.299 e. The number of Topliss-reactive ketones (excluding diaryl/α,β-unsaturated/α-hetero) is 1. The van der Waals surface area contributed by atoms with Gasteiger partial charge < -0.3 is 15.1 Å². The molecule has 1 amide bonds. The van der Waals surface area contributed by atoms with E-state index in [-0.39, 0.29) is 12.4 Å². The highest BCUT2D eigenvalue weighted by Crippen LogP contribution is 2.37. The molecule has 1 fully saturated rings. The number of hydrogen-bond donors (Lipinski definition) is 1. The van der Waals surface area contributed by atoms with Gasteiger partial charge in [-0.3, -0.25) is 9.59 Å². The summed E-state index contributed by atoms with van der Waals surface area (Å²) in [7, 11) is 0. The van der Waals surface area contributed by atoms with Crippen LogP contribution in [-0.2, 0) is 11.3 Å². The second-order valence-electron chi connectivity index (χ2n) is 6.22. The third kappa shape index (κ3) is 2.68. The molecule has 2 aliphatic rings. The molecule has 0 aliphatic carbocycles. The van der Waals surface area contributed by atoms with Crippen LogP contribution in [0.15, 0.2) is 42.5 Å². The smallest absolute Gasteiger partial charge is 0.299 e. The molecular weight excluding hydrogens is 321 g/mol. The largest absolute Gasteiger partial charge is 0.368 e. The van der Waals surface area contributed by atoms with Crippen LogP contribution in [0.1, 0.15) is 15.9 Å². The number of rotatable bonds is 3. The molecular formula is C19H18FN3O2. The van der Waals surface area contributed by atoms with E-state index in [2.05, 4.69) is 10.2 Å². The van der Waals surface area contributed by atoms with Gasteiger partial charge in [-0.15, -0.1) is 0 Å². The minimum atomic E-state index is -0.596. The van der Waals surface area contributed by atoms with E-state index >= 15 is 0 Å². The van der Waals surface area contributed by atoms with Gasteiger partial charge in [0.2, 0.25) is 0 Å². The van der Waals surface area contributed by atoms with Gasteiger partial charge in [0, 0.05) is 31.7 Å². The number of carbonyl (C=O) groups excluding carboxylic acids is 2. The Morgan fingerprint density at radius 3 is 2.44 bits per heavy atom. The Morgan fingerprint density at radius 1 is 0.960 bits per heavy atom. The summed E-state index contributed by atoms with van der Waals surface area (Å²) in [6, 6.07) is 11.8. The van der Waals surface area contributed by atoms with Gasteiger partial charge in [-0.25, -0.2) is 4.39 Å². The Kier molecular flexibility index (Phi) is 3.97. The summed E-state index contributed by atoms with van der Waals surface area (Å²) in [4.78, 5) is 28.6. The number of fused-ring (bicyclic) bond motifs is 1. The fourth-order valence-corrected chi connectivity index (χ4v) is 3.45. The van der Waals surface area contributed by atoms with Crippen molar-refractivity contribution in [3.63, 3.8) is 0 Å². The average Bonchev–Trinajstić information content (AvgIpc) is 2.89. The number of nitrogens with zero attached hydrogens (tertiary/aromatic N) is 2. The van der Waals surface area contributed by atoms with Crippen molar-refractivity contribution in [1.29, 1.82) is 0 Å². The number of anilines is 2. The van der Waals surface area contributed by atoms with E-state index in [1.807, 2.05) is 12.1 Å². The van der Waals surface area contributed by atoms with E-state index in [1.54, 1.807) is 24.3 Å². The van der Waals surface area contributed by atoms with Crippen LogP contribution in [0.3, 0.4) is 0 Å². The molecule has 0 atom stereocenters. The van der Waals surface area contributed by atoms with Crippen LogP contribution in [0.25, 0.3) is 0 Å². The summed E-state index contributed by atoms with van der Waals surface area (Å²) >= 11 is 0. The van der Waals surface area contributed by atoms with Crippen LogP contribution in [0.2, 0.25) is 0 Å². The summed E-state index contributed by atoms with van der Waals surface area (Å²) < 4.78 is 14.0. The molecule has 25 heavy (non-hydrogen) atoms. The quantitative estimate of drug-likeness (QED) is 0.869. The lowest BCUT2D eigenvalue weighted by molar-refractivity contribution is -0.114. The Labute approximate surface area is 145 Å². The molecule has 0 radical (unpaired) electrons. The number of nitrogens with one attached hydrogen (secondary N) is 1. The minimum absolute atomic E-state index is 0.0508. The normalized spacial score (nSPS) is 17.2. The van der Waals surface area contributed by atoms with Gasteiger partial charge in [-0.1, -0.05) is 24.3 Å². The molecule has 2 aromatic carbocycles. The van der Waals surface area contributed by atoms with E-state index < -0.39 is 11.7 Å². The molecule has 4 rings (SSSR count). The molecule has 0 spiro atoms. The second-order valence-corrected chi connectivity index (χ2v) is 6.22. The first-order chi connectivity index (χ1) is 12.2. The zero-order valence-corrected chi connectivity index (χ0v) is 13.7. The van der Waals surface area contributed by atoms with Crippen LogP contribution in [-0.4, -0.2) is 37.9 Å². The van der Waals surface area contributed by atoms with Crippen molar-refractivity contribution in [1.82, 2.24) is 5.32 Å². The van der Waals surface area contributed by atoms with Crippen molar-refractivity contribution < 1.29 is 14.0 Å². The van der Waals surface area contributed by atoms with E-state index in [0.717, 1.165) is 31.9 Å². The maximum atomic E-state index is 14.0. The standard InChI is InChI=1S/C19H18FN3O2/c20-14-5-2-1-4-13(14)12-23-16-7-3-6-15(17(16)18(24)19(23)25)22-10-8-21-9-11-22/h1-7,21H,8-12H2. The van der Waals surface area contributed by atoms with Gasteiger partial charge in [0.25, 0.3) is 11.7 Å². The van der Waals surface area contributed by atoms with Crippen LogP contribution >= 0.6 is 0 Å². The fourth-order valence-electron chi connectivity index (χ4n) is 3.45. The lowest BCUT2D eigenvalue weighted by atomic mass is 10.1. The van der Waals surface area contributed by atoms with Gasteiger partial charge >= 0.3 is 0 Å². The van der Waals surface area contributed by atoms with Gasteiger partial charge in [-0.2, -0.15) is 0 Å². The lowest BCUT2D eigenvalue weighted by Gasteiger charge is -2.30. The van der Waals surface area contributed by atoms with E-state index in [4.69, 9.17) is 0 Å². The predicted octanol–water partition coefficient (Wildman–Crippen LogP) is 1.96. The third-order valence-corrected chi connectivity index (χ3v) is 4.72. The Morgan fingerprint density at radius 2 is 1.68 bits per heavy atom. The molecule has 2 aliphatic heterocycles. The number of ketones is 1. The molecule has 0 bridgehead atoms. The molecule has 2 heterocycles. The SMILES string of the molecule is O=C1C(=O)N(Cc2ccccc2F)c2cccc(N3CCNCC3)c21. The van der Waals surface area contributed by atoms with Crippen molar-refractivity contribution in [3.05, 3.63) is 59.4 Å². The predicted molar refractivity (Wildman–Crippen MR) is 93.4 cm³/mol. The third-order valence-electron chi connectivity index (χ3n) is 4.72. The molecule has 128 valence electrons. The number of piperazine rings is 1. The Balaban J connectivity index is 1.73. The number of amides is 1. The first kappa shape index (κ1) is 15.8. The number of halogens is 1. The molecule has 5 nitrogen and oxygen atoms in total. The van der Waals surface area contributed by atoms with Gasteiger partial charge in [0.05, 0.1) is 23.5 Å². The maximum absolute atomic E-state index is 14.0. The van der Waals surface area contributed by atoms with E-state index in [0.29, 0.717) is 16.8 Å². The van der Waals surface area contributed by atoms with Gasteiger partial charge in [0.1, 0.15) is 5.82 Å². The van der Waals surface area contributed by atoms with Crippen molar-refractivity contribution >= 4 is 23.1 Å². The van der Waals surface area contributed by atoms with Crippen LogP contribution in [0, 0.1) is 5.82 Å².